The van der Waals surface area contributed by atoms with Crippen molar-refractivity contribution in [3.63, 3.8) is 0 Å². The Labute approximate surface area is 109 Å². The Balaban J connectivity index is 4.17. The summed E-state index contributed by atoms with van der Waals surface area (Å²) < 4.78 is 0. The van der Waals surface area contributed by atoms with Gasteiger partial charge in [-0.05, 0) is 13.8 Å². The Morgan fingerprint density at radius 1 is 1.16 bits per heavy atom. The highest BCUT2D eigenvalue weighted by Crippen LogP contribution is 1.91. The number of nitrogens with two attached hydrogens (primary N) is 1. The van der Waals surface area contributed by atoms with Gasteiger partial charge in [0, 0.05) is 6.04 Å². The summed E-state index contributed by atoms with van der Waals surface area (Å²) in [5, 5.41) is 15.5. The van der Waals surface area contributed by atoms with Gasteiger partial charge in [-0.2, -0.15) is 0 Å². The summed E-state index contributed by atoms with van der Waals surface area (Å²) >= 11 is 0. The molecule has 0 bridgehead atoms. The normalized spacial score (nSPS) is 11.5. The van der Waals surface area contributed by atoms with Crippen LogP contribution in [0, 0.1) is 0 Å². The highest BCUT2D eigenvalue weighted by atomic mass is 16.4. The molecule has 0 aliphatic rings. The molecular weight excluding hydrogens is 256 g/mol. The first-order valence-electron chi connectivity index (χ1n) is 5.57. The molecule has 0 unspecified atom stereocenters. The predicted molar refractivity (Wildman–Crippen MR) is 65.0 cm³/mol. The number of primary amides is 1. The van der Waals surface area contributed by atoms with Gasteiger partial charge in [0.05, 0.1) is 13.0 Å². The average Bonchev–Trinajstić information content (AvgIpc) is 2.23. The minimum absolute atomic E-state index is 0.0704. The number of hydrogen-bond donors (Lipinski definition) is 5. The van der Waals surface area contributed by atoms with E-state index in [1.165, 1.54) is 0 Å². The van der Waals surface area contributed by atoms with Crippen LogP contribution >= 0.6 is 0 Å². The fourth-order valence-corrected chi connectivity index (χ4v) is 1.14. The Bertz CT molecular complexity index is 369. The maximum absolute atomic E-state index is 11.3. The summed E-state index contributed by atoms with van der Waals surface area (Å²) in [7, 11) is 0. The van der Waals surface area contributed by atoms with E-state index >= 15 is 0 Å². The SMILES string of the molecule is CC(C)NC(=O)CNC(=O)N[C@H](CC(N)=O)C(=O)O. The summed E-state index contributed by atoms with van der Waals surface area (Å²) in [5.41, 5.74) is 4.85. The molecule has 0 aromatic heterocycles. The summed E-state index contributed by atoms with van der Waals surface area (Å²) in [6.07, 6.45) is -0.527. The van der Waals surface area contributed by atoms with Gasteiger partial charge in [-0.1, -0.05) is 0 Å². The van der Waals surface area contributed by atoms with Gasteiger partial charge in [-0.15, -0.1) is 0 Å². The molecule has 9 heteroatoms. The lowest BCUT2D eigenvalue weighted by atomic mass is 10.2. The Kier molecular flexibility index (Phi) is 6.94. The number of aliphatic carboxylic acids is 1. The van der Waals surface area contributed by atoms with Crippen LogP contribution in [0.3, 0.4) is 0 Å². The van der Waals surface area contributed by atoms with Crippen LogP contribution in [-0.4, -0.2) is 47.5 Å². The van der Waals surface area contributed by atoms with Crippen molar-refractivity contribution in [3.05, 3.63) is 0 Å². The molecule has 0 radical (unpaired) electrons. The summed E-state index contributed by atoms with van der Waals surface area (Å²) in [4.78, 5) is 43.9. The fourth-order valence-electron chi connectivity index (χ4n) is 1.14. The second-order valence-electron chi connectivity index (χ2n) is 4.11. The second-order valence-corrected chi connectivity index (χ2v) is 4.11. The molecule has 0 aromatic rings. The molecule has 4 amide bonds. The van der Waals surface area contributed by atoms with E-state index in [1.54, 1.807) is 13.8 Å². The number of nitrogens with one attached hydrogen (secondary N) is 3. The van der Waals surface area contributed by atoms with Crippen LogP contribution in [0.4, 0.5) is 4.79 Å². The number of hydrogen-bond acceptors (Lipinski definition) is 4. The third kappa shape index (κ3) is 8.41. The van der Waals surface area contributed by atoms with Crippen LogP contribution in [0.1, 0.15) is 20.3 Å². The van der Waals surface area contributed by atoms with Crippen molar-refractivity contribution in [2.45, 2.75) is 32.4 Å². The van der Waals surface area contributed by atoms with Crippen molar-refractivity contribution >= 4 is 23.8 Å². The Morgan fingerprint density at radius 2 is 1.74 bits per heavy atom. The zero-order valence-electron chi connectivity index (χ0n) is 10.7. The first-order chi connectivity index (χ1) is 8.72. The molecule has 0 saturated heterocycles. The quantitative estimate of drug-likeness (QED) is 0.369. The van der Waals surface area contributed by atoms with Crippen molar-refractivity contribution in [1.29, 1.82) is 0 Å². The number of amides is 4. The van der Waals surface area contributed by atoms with Gasteiger partial charge in [0.25, 0.3) is 0 Å². The highest BCUT2D eigenvalue weighted by Gasteiger charge is 2.22. The summed E-state index contributed by atoms with van der Waals surface area (Å²) in [6.45, 7) is 3.21. The Morgan fingerprint density at radius 3 is 2.16 bits per heavy atom. The molecule has 1 atom stereocenters. The third-order valence-electron chi connectivity index (χ3n) is 1.87. The van der Waals surface area contributed by atoms with Gasteiger partial charge < -0.3 is 26.8 Å². The van der Waals surface area contributed by atoms with Crippen LogP contribution in [0.25, 0.3) is 0 Å². The van der Waals surface area contributed by atoms with E-state index in [0.29, 0.717) is 0 Å². The van der Waals surface area contributed by atoms with Gasteiger partial charge in [-0.3, -0.25) is 9.59 Å². The molecule has 0 aliphatic carbocycles. The number of carbonyl (C=O) groups excluding carboxylic acids is 3. The number of carbonyl (C=O) groups is 4. The molecular formula is C10H18N4O5. The molecule has 0 spiro atoms. The zero-order valence-corrected chi connectivity index (χ0v) is 10.7. The molecule has 0 saturated carbocycles. The first-order valence-corrected chi connectivity index (χ1v) is 5.57. The zero-order chi connectivity index (χ0) is 15.0. The largest absolute Gasteiger partial charge is 0.480 e. The van der Waals surface area contributed by atoms with Crippen LogP contribution in [0.15, 0.2) is 0 Å². The third-order valence-corrected chi connectivity index (χ3v) is 1.87. The average molecular weight is 274 g/mol. The van der Waals surface area contributed by atoms with Gasteiger partial charge >= 0.3 is 12.0 Å². The highest BCUT2D eigenvalue weighted by molar-refractivity contribution is 5.89. The maximum atomic E-state index is 11.3. The predicted octanol–water partition coefficient (Wildman–Crippen LogP) is -1.86. The molecule has 6 N–H and O–H groups in total. The van der Waals surface area contributed by atoms with Crippen molar-refractivity contribution < 1.29 is 24.3 Å². The number of rotatable bonds is 7. The van der Waals surface area contributed by atoms with Crippen LogP contribution in [0.2, 0.25) is 0 Å². The second kappa shape index (κ2) is 7.90. The topological polar surface area (TPSA) is 151 Å². The van der Waals surface area contributed by atoms with Gasteiger partial charge in [0.1, 0.15) is 6.04 Å². The monoisotopic (exact) mass is 274 g/mol. The minimum atomic E-state index is -1.43. The minimum Gasteiger partial charge on any atom is -0.480 e. The van der Waals surface area contributed by atoms with E-state index in [1.807, 2.05) is 5.32 Å². The molecule has 9 nitrogen and oxygen atoms in total. The Hall–Kier alpha value is -2.32. The van der Waals surface area contributed by atoms with Gasteiger partial charge in [-0.25, -0.2) is 9.59 Å². The summed E-state index contributed by atoms with van der Waals surface area (Å²) in [6, 6.07) is -2.36. The van der Waals surface area contributed by atoms with E-state index in [9.17, 15) is 19.2 Å². The van der Waals surface area contributed by atoms with Crippen LogP contribution in [0.5, 0.6) is 0 Å². The lowest BCUT2D eigenvalue weighted by Gasteiger charge is -2.14. The number of carboxylic acids is 1. The molecule has 0 rings (SSSR count). The smallest absolute Gasteiger partial charge is 0.326 e. The van der Waals surface area contributed by atoms with Crippen molar-refractivity contribution in [2.24, 2.45) is 5.73 Å². The van der Waals surface area contributed by atoms with E-state index < -0.39 is 36.3 Å². The van der Waals surface area contributed by atoms with Crippen LogP contribution in [-0.2, 0) is 14.4 Å². The van der Waals surface area contributed by atoms with Gasteiger partial charge in [0.2, 0.25) is 11.8 Å². The van der Waals surface area contributed by atoms with Gasteiger partial charge in [0.15, 0.2) is 0 Å². The molecule has 0 fully saturated rings. The van der Waals surface area contributed by atoms with E-state index in [4.69, 9.17) is 10.8 Å². The lowest BCUT2D eigenvalue weighted by Crippen LogP contribution is -2.50. The molecule has 0 aliphatic heterocycles. The number of urea groups is 1. The molecule has 108 valence electrons. The van der Waals surface area contributed by atoms with Crippen molar-refractivity contribution in [1.82, 2.24) is 16.0 Å². The summed E-state index contributed by atoms with van der Waals surface area (Å²) in [5.74, 6) is -2.65. The van der Waals surface area contributed by atoms with E-state index in [0.717, 1.165) is 0 Å². The van der Waals surface area contributed by atoms with Crippen molar-refractivity contribution in [2.75, 3.05) is 6.54 Å². The van der Waals surface area contributed by atoms with E-state index in [2.05, 4.69) is 10.6 Å². The van der Waals surface area contributed by atoms with Crippen LogP contribution < -0.4 is 21.7 Å². The van der Waals surface area contributed by atoms with E-state index in [-0.39, 0.29) is 12.6 Å². The standard InChI is InChI=1S/C10H18N4O5/c1-5(2)13-8(16)4-12-10(19)14-6(9(17)18)3-7(11)15/h5-6H,3-4H2,1-2H3,(H2,11,15)(H,13,16)(H,17,18)(H2,12,14,19)/t6-/m1/s1. The maximum Gasteiger partial charge on any atom is 0.326 e. The first kappa shape index (κ1) is 16.7. The molecule has 0 aromatic carbocycles. The fraction of sp³-hybridized carbons (Fsp3) is 0.600. The lowest BCUT2D eigenvalue weighted by molar-refractivity contribution is -0.140. The molecule has 19 heavy (non-hydrogen) atoms. The number of carboxylic acid groups (broad SMARTS) is 1. The van der Waals surface area contributed by atoms with Crippen molar-refractivity contribution in [3.8, 4) is 0 Å². The molecule has 0 heterocycles.